The fourth-order valence-corrected chi connectivity index (χ4v) is 1.48. The van der Waals surface area contributed by atoms with Gasteiger partial charge in [0.2, 0.25) is 11.8 Å². The Labute approximate surface area is 101 Å². The van der Waals surface area contributed by atoms with Crippen LogP contribution in [0.3, 0.4) is 0 Å². The molecule has 1 unspecified atom stereocenters. The van der Waals surface area contributed by atoms with E-state index in [1.54, 1.807) is 18.2 Å². The number of phenols is 1. The molecular formula is C11H11BrN2O2. The van der Waals surface area contributed by atoms with Crippen molar-refractivity contribution < 1.29 is 9.52 Å². The monoisotopic (exact) mass is 282 g/mol. The highest BCUT2D eigenvalue weighted by molar-refractivity contribution is 9.09. The molecule has 0 saturated carbocycles. The minimum absolute atomic E-state index is 0.0751. The predicted octanol–water partition coefficient (Wildman–Crippen LogP) is 3.29. The molecular weight excluding hydrogens is 272 g/mol. The highest BCUT2D eigenvalue weighted by Gasteiger charge is 2.14. The summed E-state index contributed by atoms with van der Waals surface area (Å²) in [4.78, 5) is 0.0751. The van der Waals surface area contributed by atoms with Crippen molar-refractivity contribution in [1.82, 2.24) is 10.2 Å². The van der Waals surface area contributed by atoms with Crippen molar-refractivity contribution in [1.29, 1.82) is 0 Å². The molecule has 16 heavy (non-hydrogen) atoms. The molecule has 84 valence electrons. The van der Waals surface area contributed by atoms with Crippen molar-refractivity contribution in [2.45, 2.75) is 18.2 Å². The van der Waals surface area contributed by atoms with Gasteiger partial charge in [0.15, 0.2) is 0 Å². The van der Waals surface area contributed by atoms with Crippen molar-refractivity contribution in [2.24, 2.45) is 0 Å². The van der Waals surface area contributed by atoms with Crippen LogP contribution < -0.4 is 0 Å². The first-order valence-electron chi connectivity index (χ1n) is 4.97. The van der Waals surface area contributed by atoms with Crippen LogP contribution in [0.25, 0.3) is 11.5 Å². The molecule has 0 aliphatic carbocycles. The molecule has 0 saturated heterocycles. The Hall–Kier alpha value is -1.36. The molecule has 0 bridgehead atoms. The summed E-state index contributed by atoms with van der Waals surface area (Å²) >= 11 is 3.44. The van der Waals surface area contributed by atoms with Crippen molar-refractivity contribution in [3.63, 3.8) is 0 Å². The van der Waals surface area contributed by atoms with E-state index in [4.69, 9.17) is 4.42 Å². The zero-order valence-corrected chi connectivity index (χ0v) is 10.3. The number of hydrogen-bond donors (Lipinski definition) is 1. The number of benzene rings is 1. The van der Waals surface area contributed by atoms with Gasteiger partial charge in [0.25, 0.3) is 0 Å². The fourth-order valence-electron chi connectivity index (χ4n) is 1.29. The van der Waals surface area contributed by atoms with Crippen LogP contribution in [0.5, 0.6) is 5.75 Å². The molecule has 2 aromatic rings. The Balaban J connectivity index is 2.31. The molecule has 0 fully saturated rings. The number of alkyl halides is 1. The third-order valence-electron chi connectivity index (χ3n) is 2.16. The van der Waals surface area contributed by atoms with Gasteiger partial charge in [0, 0.05) is 5.56 Å². The molecule has 0 amide bonds. The lowest BCUT2D eigenvalue weighted by Gasteiger charge is -1.98. The Morgan fingerprint density at radius 2 is 2.25 bits per heavy atom. The highest BCUT2D eigenvalue weighted by Crippen LogP contribution is 2.28. The number of halogens is 1. The maximum Gasteiger partial charge on any atom is 0.247 e. The summed E-state index contributed by atoms with van der Waals surface area (Å²) in [6.07, 6.45) is 0.877. The second-order valence-corrected chi connectivity index (χ2v) is 4.48. The smallest absolute Gasteiger partial charge is 0.247 e. The van der Waals surface area contributed by atoms with Gasteiger partial charge >= 0.3 is 0 Å². The average Bonchev–Trinajstić information content (AvgIpc) is 2.77. The first kappa shape index (κ1) is 11.1. The van der Waals surface area contributed by atoms with Crippen LogP contribution in [-0.2, 0) is 0 Å². The van der Waals surface area contributed by atoms with E-state index < -0.39 is 0 Å². The minimum Gasteiger partial charge on any atom is -0.508 e. The summed E-state index contributed by atoms with van der Waals surface area (Å²) in [5.41, 5.74) is 0.717. The van der Waals surface area contributed by atoms with Gasteiger partial charge in [0.05, 0.1) is 4.83 Å². The lowest BCUT2D eigenvalue weighted by atomic mass is 10.2. The number of rotatable bonds is 3. The topological polar surface area (TPSA) is 59.2 Å². The molecule has 0 radical (unpaired) electrons. The summed E-state index contributed by atoms with van der Waals surface area (Å²) in [6, 6.07) is 6.73. The predicted molar refractivity (Wildman–Crippen MR) is 63.4 cm³/mol. The Bertz CT molecular complexity index is 484. The van der Waals surface area contributed by atoms with Gasteiger partial charge in [-0.3, -0.25) is 0 Å². The van der Waals surface area contributed by atoms with Gasteiger partial charge in [-0.05, 0) is 24.6 Å². The van der Waals surface area contributed by atoms with Gasteiger partial charge in [-0.1, -0.05) is 28.9 Å². The third kappa shape index (κ3) is 2.24. The number of hydrogen-bond acceptors (Lipinski definition) is 4. The van der Waals surface area contributed by atoms with Crippen LogP contribution in [0, 0.1) is 0 Å². The van der Waals surface area contributed by atoms with Gasteiger partial charge in [-0.2, -0.15) is 0 Å². The second-order valence-electron chi connectivity index (χ2n) is 3.37. The molecule has 4 nitrogen and oxygen atoms in total. The lowest BCUT2D eigenvalue weighted by Crippen LogP contribution is -1.86. The van der Waals surface area contributed by atoms with Crippen molar-refractivity contribution in [3.8, 4) is 17.2 Å². The van der Waals surface area contributed by atoms with E-state index in [9.17, 15) is 5.11 Å². The van der Waals surface area contributed by atoms with Crippen LogP contribution in [0.2, 0.25) is 0 Å². The van der Waals surface area contributed by atoms with E-state index in [1.165, 1.54) is 0 Å². The Morgan fingerprint density at radius 3 is 2.94 bits per heavy atom. The van der Waals surface area contributed by atoms with Crippen LogP contribution in [0.1, 0.15) is 24.1 Å². The van der Waals surface area contributed by atoms with Gasteiger partial charge in [0.1, 0.15) is 5.75 Å². The van der Waals surface area contributed by atoms with E-state index in [-0.39, 0.29) is 10.6 Å². The molecule has 5 heteroatoms. The number of aromatic hydroxyl groups is 1. The van der Waals surface area contributed by atoms with E-state index in [2.05, 4.69) is 26.1 Å². The number of aromatic nitrogens is 2. The van der Waals surface area contributed by atoms with Gasteiger partial charge in [-0.25, -0.2) is 0 Å². The fraction of sp³-hybridized carbons (Fsp3) is 0.273. The first-order chi connectivity index (χ1) is 7.70. The molecule has 1 N–H and O–H groups in total. The first-order valence-corrected chi connectivity index (χ1v) is 5.89. The average molecular weight is 283 g/mol. The number of nitrogens with zero attached hydrogens (tertiary/aromatic N) is 2. The Morgan fingerprint density at radius 1 is 1.44 bits per heavy atom. The lowest BCUT2D eigenvalue weighted by molar-refractivity contribution is 0.474. The Kier molecular flexibility index (Phi) is 3.24. The largest absolute Gasteiger partial charge is 0.508 e. The molecule has 1 atom stereocenters. The highest BCUT2D eigenvalue weighted by atomic mass is 79.9. The SMILES string of the molecule is CCC(Br)c1nnc(-c2cccc(O)c2)o1. The van der Waals surface area contributed by atoms with Gasteiger partial charge in [-0.15, -0.1) is 10.2 Å². The van der Waals surface area contributed by atoms with E-state index in [1.807, 2.05) is 13.0 Å². The molecule has 0 aliphatic rings. The summed E-state index contributed by atoms with van der Waals surface area (Å²) in [7, 11) is 0. The molecule has 0 spiro atoms. The summed E-state index contributed by atoms with van der Waals surface area (Å²) < 4.78 is 5.50. The van der Waals surface area contributed by atoms with Crippen molar-refractivity contribution >= 4 is 15.9 Å². The van der Waals surface area contributed by atoms with Crippen molar-refractivity contribution in [3.05, 3.63) is 30.2 Å². The summed E-state index contributed by atoms with van der Waals surface area (Å²) in [5, 5.41) is 17.2. The molecule has 1 aromatic carbocycles. The van der Waals surface area contributed by atoms with Crippen LogP contribution >= 0.6 is 15.9 Å². The summed E-state index contributed by atoms with van der Waals surface area (Å²) in [6.45, 7) is 2.03. The van der Waals surface area contributed by atoms with Crippen LogP contribution in [-0.4, -0.2) is 15.3 Å². The second kappa shape index (κ2) is 4.65. The minimum atomic E-state index is 0.0751. The van der Waals surface area contributed by atoms with Crippen LogP contribution in [0.15, 0.2) is 28.7 Å². The van der Waals surface area contributed by atoms with E-state index >= 15 is 0 Å². The molecule has 1 aromatic heterocycles. The normalized spacial score (nSPS) is 12.6. The van der Waals surface area contributed by atoms with Crippen molar-refractivity contribution in [2.75, 3.05) is 0 Å². The maximum absolute atomic E-state index is 9.34. The standard InChI is InChI=1S/C11H11BrN2O2/c1-2-9(12)11-14-13-10(16-11)7-4-3-5-8(15)6-7/h3-6,9,15H,2H2,1H3. The maximum atomic E-state index is 9.34. The number of phenolic OH excluding ortho intramolecular Hbond substituents is 1. The summed E-state index contributed by atoms with van der Waals surface area (Å²) in [5.74, 6) is 1.16. The quantitative estimate of drug-likeness (QED) is 0.878. The molecule has 2 rings (SSSR count). The zero-order chi connectivity index (χ0) is 11.5. The molecule has 1 heterocycles. The van der Waals surface area contributed by atoms with E-state index in [0.717, 1.165) is 12.0 Å². The van der Waals surface area contributed by atoms with E-state index in [0.29, 0.717) is 11.8 Å². The molecule has 0 aliphatic heterocycles. The zero-order valence-electron chi connectivity index (χ0n) is 8.72. The van der Waals surface area contributed by atoms with Crippen LogP contribution in [0.4, 0.5) is 0 Å². The third-order valence-corrected chi connectivity index (χ3v) is 3.20. The van der Waals surface area contributed by atoms with Gasteiger partial charge < -0.3 is 9.52 Å².